The molecule has 1 amide bonds. The molecule has 2 aromatic carbocycles. The summed E-state index contributed by atoms with van der Waals surface area (Å²) in [4.78, 5) is 18.8. The zero-order valence-electron chi connectivity index (χ0n) is 18.6. The molecule has 1 aromatic heterocycles. The predicted molar refractivity (Wildman–Crippen MR) is 120 cm³/mol. The van der Waals surface area contributed by atoms with E-state index in [9.17, 15) is 9.18 Å². The molecule has 0 unspecified atom stereocenters. The van der Waals surface area contributed by atoms with Gasteiger partial charge in [0.05, 0.1) is 35.5 Å². The number of fused-ring (bicyclic) bond motifs is 1. The van der Waals surface area contributed by atoms with Crippen molar-refractivity contribution in [2.75, 3.05) is 13.1 Å². The highest BCUT2D eigenvalue weighted by atomic mass is 19.1. The summed E-state index contributed by atoms with van der Waals surface area (Å²) in [6.45, 7) is 7.25. The number of amides is 1. The Morgan fingerprint density at radius 3 is 2.66 bits per heavy atom. The molecule has 1 saturated heterocycles. The SMILES string of the molecule is CC(C)(C)OC(=O)N1CCC(c2cccc3c2ncn3Cc2ccc(C#N)cc2F)CC1. The Bertz CT molecular complexity index is 1180. The molecule has 2 heterocycles. The number of carbonyl (C=O) groups excluding carboxylic acids is 1. The second kappa shape index (κ2) is 8.62. The van der Waals surface area contributed by atoms with Crippen LogP contribution in [0, 0.1) is 17.1 Å². The standard InChI is InChI=1S/C25H27FN4O2/c1-25(2,3)32-24(31)29-11-9-18(10-12-29)20-5-4-6-22-23(20)28-16-30(22)15-19-8-7-17(14-27)13-21(19)26/h4-8,13,16,18H,9-12,15H2,1-3H3. The lowest BCUT2D eigenvalue weighted by atomic mass is 9.88. The maximum Gasteiger partial charge on any atom is 0.410 e. The summed E-state index contributed by atoms with van der Waals surface area (Å²) in [6, 6.07) is 12.6. The van der Waals surface area contributed by atoms with Crippen LogP contribution in [0.1, 0.15) is 56.2 Å². The third-order valence-corrected chi connectivity index (χ3v) is 5.79. The minimum Gasteiger partial charge on any atom is -0.444 e. The number of nitriles is 1. The average molecular weight is 435 g/mol. The molecule has 3 aromatic rings. The van der Waals surface area contributed by atoms with Crippen molar-refractivity contribution in [3.8, 4) is 6.07 Å². The van der Waals surface area contributed by atoms with Gasteiger partial charge in [0.1, 0.15) is 11.4 Å². The van der Waals surface area contributed by atoms with Crippen LogP contribution in [-0.4, -0.2) is 39.2 Å². The lowest BCUT2D eigenvalue weighted by Crippen LogP contribution is -2.41. The number of imidazole rings is 1. The molecule has 166 valence electrons. The molecule has 0 atom stereocenters. The summed E-state index contributed by atoms with van der Waals surface area (Å²) >= 11 is 0. The number of likely N-dealkylation sites (tertiary alicyclic amines) is 1. The fraction of sp³-hybridized carbons (Fsp3) is 0.400. The van der Waals surface area contributed by atoms with E-state index in [1.807, 2.05) is 43.5 Å². The summed E-state index contributed by atoms with van der Waals surface area (Å²) in [5.74, 6) is -0.0936. The van der Waals surface area contributed by atoms with E-state index < -0.39 is 11.4 Å². The number of hydrogen-bond acceptors (Lipinski definition) is 4. The Balaban J connectivity index is 1.51. The quantitative estimate of drug-likeness (QED) is 0.567. The number of aromatic nitrogens is 2. The molecule has 1 fully saturated rings. The van der Waals surface area contributed by atoms with E-state index in [0.29, 0.717) is 36.7 Å². The topological polar surface area (TPSA) is 71.2 Å². The molecule has 0 radical (unpaired) electrons. The summed E-state index contributed by atoms with van der Waals surface area (Å²) in [7, 11) is 0. The van der Waals surface area contributed by atoms with Gasteiger partial charge in [-0.3, -0.25) is 0 Å². The first kappa shape index (κ1) is 21.8. The van der Waals surface area contributed by atoms with Crippen molar-refractivity contribution in [2.45, 2.75) is 51.7 Å². The molecular formula is C25H27FN4O2. The van der Waals surface area contributed by atoms with Crippen LogP contribution in [0.5, 0.6) is 0 Å². The Hall–Kier alpha value is -3.40. The minimum atomic E-state index is -0.499. The van der Waals surface area contributed by atoms with E-state index in [-0.39, 0.29) is 6.09 Å². The van der Waals surface area contributed by atoms with Gasteiger partial charge in [-0.05, 0) is 63.3 Å². The van der Waals surface area contributed by atoms with Crippen molar-refractivity contribution in [2.24, 2.45) is 0 Å². The zero-order chi connectivity index (χ0) is 22.9. The second-order valence-corrected chi connectivity index (χ2v) is 9.25. The zero-order valence-corrected chi connectivity index (χ0v) is 18.6. The smallest absolute Gasteiger partial charge is 0.410 e. The lowest BCUT2D eigenvalue weighted by Gasteiger charge is -2.33. The van der Waals surface area contributed by atoms with Gasteiger partial charge in [0.2, 0.25) is 0 Å². The van der Waals surface area contributed by atoms with Crippen LogP contribution in [0.4, 0.5) is 9.18 Å². The highest BCUT2D eigenvalue weighted by Crippen LogP contribution is 2.33. The molecule has 4 rings (SSSR count). The number of benzene rings is 2. The predicted octanol–water partition coefficient (Wildman–Crippen LogP) is 5.21. The molecule has 7 heteroatoms. The number of halogens is 1. The highest BCUT2D eigenvalue weighted by Gasteiger charge is 2.28. The average Bonchev–Trinajstić information content (AvgIpc) is 3.17. The van der Waals surface area contributed by atoms with Crippen LogP contribution in [0.2, 0.25) is 0 Å². The van der Waals surface area contributed by atoms with Crippen LogP contribution >= 0.6 is 0 Å². The fourth-order valence-electron chi connectivity index (χ4n) is 4.19. The first-order valence-electron chi connectivity index (χ1n) is 10.9. The Kier molecular flexibility index (Phi) is 5.88. The maximum absolute atomic E-state index is 14.4. The van der Waals surface area contributed by atoms with Crippen molar-refractivity contribution in [1.82, 2.24) is 14.5 Å². The van der Waals surface area contributed by atoms with Gasteiger partial charge in [0, 0.05) is 18.7 Å². The maximum atomic E-state index is 14.4. The Morgan fingerprint density at radius 2 is 2.00 bits per heavy atom. The third kappa shape index (κ3) is 4.59. The summed E-state index contributed by atoms with van der Waals surface area (Å²) in [6.07, 6.45) is 3.16. The first-order valence-corrected chi connectivity index (χ1v) is 10.9. The molecular weight excluding hydrogens is 407 g/mol. The number of hydrogen-bond donors (Lipinski definition) is 0. The molecule has 0 N–H and O–H groups in total. The van der Waals surface area contributed by atoms with Gasteiger partial charge in [-0.1, -0.05) is 18.2 Å². The summed E-state index contributed by atoms with van der Waals surface area (Å²) < 4.78 is 21.8. The van der Waals surface area contributed by atoms with E-state index in [2.05, 4.69) is 11.1 Å². The van der Waals surface area contributed by atoms with E-state index in [1.165, 1.54) is 6.07 Å². The van der Waals surface area contributed by atoms with Gasteiger partial charge in [0.15, 0.2) is 0 Å². The van der Waals surface area contributed by atoms with Gasteiger partial charge in [-0.2, -0.15) is 5.26 Å². The number of ether oxygens (including phenoxy) is 1. The first-order chi connectivity index (χ1) is 15.2. The number of para-hydroxylation sites is 1. The summed E-state index contributed by atoms with van der Waals surface area (Å²) in [5.41, 5.74) is 3.34. The highest BCUT2D eigenvalue weighted by molar-refractivity contribution is 5.80. The van der Waals surface area contributed by atoms with Gasteiger partial charge in [-0.25, -0.2) is 14.2 Å². The van der Waals surface area contributed by atoms with Gasteiger partial charge in [-0.15, -0.1) is 0 Å². The third-order valence-electron chi connectivity index (χ3n) is 5.79. The van der Waals surface area contributed by atoms with E-state index in [0.717, 1.165) is 29.4 Å². The molecule has 32 heavy (non-hydrogen) atoms. The fourth-order valence-corrected chi connectivity index (χ4v) is 4.19. The van der Waals surface area contributed by atoms with Crippen LogP contribution in [0.15, 0.2) is 42.7 Å². The normalized spacial score (nSPS) is 15.0. The molecule has 6 nitrogen and oxygen atoms in total. The van der Waals surface area contributed by atoms with Crippen molar-refractivity contribution < 1.29 is 13.9 Å². The van der Waals surface area contributed by atoms with Gasteiger partial charge < -0.3 is 14.2 Å². The number of rotatable bonds is 3. The second-order valence-electron chi connectivity index (χ2n) is 9.25. The molecule has 0 spiro atoms. The van der Waals surface area contributed by atoms with Crippen molar-refractivity contribution in [3.05, 3.63) is 65.2 Å². The van der Waals surface area contributed by atoms with Gasteiger partial charge >= 0.3 is 6.09 Å². The molecule has 0 bridgehead atoms. The lowest BCUT2D eigenvalue weighted by molar-refractivity contribution is 0.0205. The van der Waals surface area contributed by atoms with Crippen LogP contribution in [-0.2, 0) is 11.3 Å². The Morgan fingerprint density at radius 1 is 1.25 bits per heavy atom. The van der Waals surface area contributed by atoms with Gasteiger partial charge in [0.25, 0.3) is 0 Å². The van der Waals surface area contributed by atoms with E-state index in [1.54, 1.807) is 23.4 Å². The van der Waals surface area contributed by atoms with Crippen molar-refractivity contribution >= 4 is 17.1 Å². The monoisotopic (exact) mass is 434 g/mol. The minimum absolute atomic E-state index is 0.261. The van der Waals surface area contributed by atoms with Crippen LogP contribution < -0.4 is 0 Å². The van der Waals surface area contributed by atoms with Crippen LogP contribution in [0.3, 0.4) is 0 Å². The molecule has 0 saturated carbocycles. The molecule has 0 aliphatic carbocycles. The van der Waals surface area contributed by atoms with Crippen LogP contribution in [0.25, 0.3) is 11.0 Å². The van der Waals surface area contributed by atoms with E-state index in [4.69, 9.17) is 10.00 Å². The molecule has 1 aliphatic rings. The number of carbonyl (C=O) groups is 1. The largest absolute Gasteiger partial charge is 0.444 e. The Labute approximate surface area is 187 Å². The van der Waals surface area contributed by atoms with E-state index >= 15 is 0 Å². The number of piperidine rings is 1. The summed E-state index contributed by atoms with van der Waals surface area (Å²) in [5, 5.41) is 8.94. The number of nitrogens with zero attached hydrogens (tertiary/aromatic N) is 4. The molecule has 1 aliphatic heterocycles. The van der Waals surface area contributed by atoms with Crippen molar-refractivity contribution in [1.29, 1.82) is 5.26 Å². The van der Waals surface area contributed by atoms with Crippen molar-refractivity contribution in [3.63, 3.8) is 0 Å².